The lowest BCUT2D eigenvalue weighted by molar-refractivity contribution is 1.32. The fraction of sp³-hybridized carbons (Fsp3) is 0.200. The summed E-state index contributed by atoms with van der Waals surface area (Å²) in [6, 6.07) is 23.5. The molecule has 2 rings (SSSR count). The van der Waals surface area contributed by atoms with Crippen LogP contribution in [0.3, 0.4) is 0 Å². The average molecular weight is 225 g/mol. The van der Waals surface area contributed by atoms with Crippen LogP contribution in [0.2, 0.25) is 13.1 Å². The van der Waals surface area contributed by atoms with Crippen molar-refractivity contribution in [1.82, 2.24) is 0 Å². The smallest absolute Gasteiger partial charge is 0.0652 e. The molecule has 1 heteroatoms. The first-order valence-corrected chi connectivity index (χ1v) is 8.90. The summed E-state index contributed by atoms with van der Waals surface area (Å²) in [5.41, 5.74) is 1.43. The Labute approximate surface area is 99.0 Å². The third kappa shape index (κ3) is 2.61. The molecule has 0 fully saturated rings. The maximum absolute atomic E-state index is 3.07. The molecule has 2 aromatic carbocycles. The minimum absolute atomic E-state index is 1.20. The molecule has 0 aromatic heterocycles. The molecule has 0 saturated carbocycles. The van der Waals surface area contributed by atoms with E-state index >= 15 is 0 Å². The predicted octanol–water partition coefficient (Wildman–Crippen LogP) is 3.18. The van der Waals surface area contributed by atoms with Crippen LogP contribution in [0.1, 0.15) is 5.56 Å². The van der Waals surface area contributed by atoms with Gasteiger partial charge in [0.15, 0.2) is 0 Å². The normalized spacial score (nSPS) is 11.4. The van der Waals surface area contributed by atoms with Crippen LogP contribution in [0.25, 0.3) is 0 Å². The zero-order valence-corrected chi connectivity index (χ0v) is 10.9. The molecule has 0 spiro atoms. The van der Waals surface area contributed by atoms with E-state index in [1.165, 1.54) is 16.8 Å². The highest BCUT2D eigenvalue weighted by molar-refractivity contribution is 6.89. The van der Waals surface area contributed by atoms with E-state index in [0.29, 0.717) is 0 Å². The SMILES string of the molecule is C[Si](C)(Cc1cc[c]cc1)c1ccccc1. The van der Waals surface area contributed by atoms with Crippen LogP contribution in [-0.4, -0.2) is 8.07 Å². The molecule has 1 radical (unpaired) electrons. The van der Waals surface area contributed by atoms with Crippen molar-refractivity contribution in [2.75, 3.05) is 0 Å². The summed E-state index contributed by atoms with van der Waals surface area (Å²) in [6.07, 6.45) is 0. The van der Waals surface area contributed by atoms with Gasteiger partial charge in [0.1, 0.15) is 0 Å². The Morgan fingerprint density at radius 2 is 1.56 bits per heavy atom. The first kappa shape index (κ1) is 11.2. The molecule has 0 saturated heterocycles. The molecule has 0 aliphatic heterocycles. The van der Waals surface area contributed by atoms with Gasteiger partial charge in [0.2, 0.25) is 0 Å². The van der Waals surface area contributed by atoms with E-state index in [2.05, 4.69) is 61.6 Å². The van der Waals surface area contributed by atoms with E-state index in [0.717, 1.165) is 0 Å². The van der Waals surface area contributed by atoms with Crippen molar-refractivity contribution in [2.45, 2.75) is 19.1 Å². The number of hydrogen-bond acceptors (Lipinski definition) is 0. The van der Waals surface area contributed by atoms with Crippen molar-refractivity contribution in [2.24, 2.45) is 0 Å². The second-order valence-corrected chi connectivity index (χ2v) is 9.53. The molecule has 0 amide bonds. The minimum Gasteiger partial charge on any atom is -0.0652 e. The van der Waals surface area contributed by atoms with Crippen LogP contribution in [-0.2, 0) is 6.04 Å². The summed E-state index contributed by atoms with van der Waals surface area (Å²) >= 11 is 0. The topological polar surface area (TPSA) is 0 Å². The Morgan fingerprint density at radius 1 is 0.938 bits per heavy atom. The number of hydrogen-bond donors (Lipinski definition) is 0. The Bertz CT molecular complexity index is 432. The summed E-state index contributed by atoms with van der Waals surface area (Å²) in [5.74, 6) is 0. The van der Waals surface area contributed by atoms with Gasteiger partial charge in [0, 0.05) is 0 Å². The van der Waals surface area contributed by atoms with Crippen molar-refractivity contribution in [1.29, 1.82) is 0 Å². The van der Waals surface area contributed by atoms with Crippen LogP contribution < -0.4 is 5.19 Å². The van der Waals surface area contributed by atoms with Crippen LogP contribution in [0.5, 0.6) is 0 Å². The Balaban J connectivity index is 2.21. The lowest BCUT2D eigenvalue weighted by atomic mass is 10.2. The van der Waals surface area contributed by atoms with Gasteiger partial charge in [-0.05, 0) is 12.1 Å². The Morgan fingerprint density at radius 3 is 2.19 bits per heavy atom. The largest absolute Gasteiger partial charge is 0.0849 e. The van der Waals surface area contributed by atoms with E-state index < -0.39 is 8.07 Å². The molecule has 0 bridgehead atoms. The fourth-order valence-corrected chi connectivity index (χ4v) is 4.60. The summed E-state index contributed by atoms with van der Waals surface area (Å²) < 4.78 is 0. The third-order valence-electron chi connectivity index (χ3n) is 2.99. The maximum Gasteiger partial charge on any atom is 0.0849 e. The van der Waals surface area contributed by atoms with Gasteiger partial charge in [0.25, 0.3) is 0 Å². The van der Waals surface area contributed by atoms with Crippen molar-refractivity contribution in [3.05, 3.63) is 66.2 Å². The summed E-state index contributed by atoms with van der Waals surface area (Å²) in [4.78, 5) is 0. The van der Waals surface area contributed by atoms with Crippen LogP contribution in [0.15, 0.2) is 54.6 Å². The molecule has 0 heterocycles. The number of rotatable bonds is 3. The van der Waals surface area contributed by atoms with Crippen LogP contribution >= 0.6 is 0 Å². The Hall–Kier alpha value is -1.34. The molecule has 0 nitrogen and oxygen atoms in total. The van der Waals surface area contributed by atoms with Gasteiger partial charge in [0.05, 0.1) is 8.07 Å². The van der Waals surface area contributed by atoms with E-state index in [4.69, 9.17) is 0 Å². The number of benzene rings is 2. The molecule has 81 valence electrons. The molecule has 0 N–H and O–H groups in total. The molecule has 0 aliphatic carbocycles. The highest BCUT2D eigenvalue weighted by Gasteiger charge is 2.23. The van der Waals surface area contributed by atoms with Gasteiger partial charge in [-0.25, -0.2) is 0 Å². The molecule has 0 aliphatic rings. The van der Waals surface area contributed by atoms with E-state index in [9.17, 15) is 0 Å². The third-order valence-corrected chi connectivity index (χ3v) is 6.18. The highest BCUT2D eigenvalue weighted by atomic mass is 28.3. The molecule has 0 atom stereocenters. The van der Waals surface area contributed by atoms with Crippen molar-refractivity contribution < 1.29 is 0 Å². The molecular weight excluding hydrogens is 208 g/mol. The van der Waals surface area contributed by atoms with Crippen molar-refractivity contribution in [3.63, 3.8) is 0 Å². The second kappa shape index (κ2) is 4.66. The monoisotopic (exact) mass is 225 g/mol. The molecule has 16 heavy (non-hydrogen) atoms. The average Bonchev–Trinajstić information content (AvgIpc) is 2.31. The van der Waals surface area contributed by atoms with E-state index in [-0.39, 0.29) is 0 Å². The van der Waals surface area contributed by atoms with Crippen molar-refractivity contribution >= 4 is 13.3 Å². The molecule has 2 aromatic rings. The fourth-order valence-electron chi connectivity index (χ4n) is 2.04. The quantitative estimate of drug-likeness (QED) is 0.704. The predicted molar refractivity (Wildman–Crippen MR) is 72.5 cm³/mol. The lowest BCUT2D eigenvalue weighted by Gasteiger charge is -2.23. The van der Waals surface area contributed by atoms with E-state index in [1.54, 1.807) is 0 Å². The first-order chi connectivity index (χ1) is 7.68. The van der Waals surface area contributed by atoms with Gasteiger partial charge >= 0.3 is 0 Å². The van der Waals surface area contributed by atoms with Crippen LogP contribution in [0.4, 0.5) is 0 Å². The lowest BCUT2D eigenvalue weighted by Crippen LogP contribution is -2.43. The van der Waals surface area contributed by atoms with Gasteiger partial charge in [-0.15, -0.1) is 0 Å². The summed E-state index contributed by atoms with van der Waals surface area (Å²) in [6.45, 7) is 4.86. The maximum atomic E-state index is 3.07. The zero-order chi connectivity index (χ0) is 11.4. The highest BCUT2D eigenvalue weighted by Crippen LogP contribution is 2.11. The van der Waals surface area contributed by atoms with Gasteiger partial charge in [-0.2, -0.15) is 0 Å². The first-order valence-electron chi connectivity index (χ1n) is 5.69. The standard InChI is InChI=1S/C15H17Si/c1-16(2,15-11-7-4-8-12-15)13-14-9-5-3-6-10-14/h4-12H,13H2,1-2H3. The molecular formula is C15H17Si. The van der Waals surface area contributed by atoms with Gasteiger partial charge in [-0.3, -0.25) is 0 Å². The minimum atomic E-state index is -1.33. The van der Waals surface area contributed by atoms with Crippen LogP contribution in [0, 0.1) is 6.07 Å². The Kier molecular flexibility index (Phi) is 3.25. The second-order valence-electron chi connectivity index (χ2n) is 4.83. The molecule has 0 unspecified atom stereocenters. The van der Waals surface area contributed by atoms with E-state index in [1.807, 2.05) is 12.1 Å². The van der Waals surface area contributed by atoms with Gasteiger partial charge in [-0.1, -0.05) is 78.4 Å². The summed E-state index contributed by atoms with van der Waals surface area (Å²) in [7, 11) is -1.33. The summed E-state index contributed by atoms with van der Waals surface area (Å²) in [5, 5.41) is 1.53. The van der Waals surface area contributed by atoms with Crippen molar-refractivity contribution in [3.8, 4) is 0 Å². The zero-order valence-electron chi connectivity index (χ0n) is 9.90. The van der Waals surface area contributed by atoms with Gasteiger partial charge < -0.3 is 0 Å².